The predicted molar refractivity (Wildman–Crippen MR) is 245 cm³/mol. The van der Waals surface area contributed by atoms with E-state index >= 15 is 0 Å². The van der Waals surface area contributed by atoms with Crippen molar-refractivity contribution in [3.05, 3.63) is 201 Å². The van der Waals surface area contributed by atoms with E-state index in [1.54, 1.807) is 98.6 Å². The molecular formula is C49H45F3N10O2. The number of nitrogens with zero attached hydrogens (tertiary/aromatic N) is 5. The quantitative estimate of drug-likeness (QED) is 0.0740. The molecule has 0 saturated heterocycles. The van der Waals surface area contributed by atoms with Crippen LogP contribution in [0.2, 0.25) is 0 Å². The third-order valence-electron chi connectivity index (χ3n) is 10.2. The van der Waals surface area contributed by atoms with E-state index in [0.717, 1.165) is 11.1 Å². The number of aromatic nitrogens is 6. The molecule has 0 radical (unpaired) electrons. The van der Waals surface area contributed by atoms with Crippen LogP contribution in [0.1, 0.15) is 11.1 Å². The Labute approximate surface area is 367 Å². The lowest BCUT2D eigenvalue weighted by atomic mass is 10.0. The first kappa shape index (κ1) is 44.3. The summed E-state index contributed by atoms with van der Waals surface area (Å²) in [6.07, 6.45) is 7.52. The van der Waals surface area contributed by atoms with E-state index in [4.69, 9.17) is 16.5 Å². The molecule has 64 heavy (non-hydrogen) atoms. The average Bonchev–Trinajstić information content (AvgIpc) is 3.31. The molecule has 8 aromatic rings. The van der Waals surface area contributed by atoms with E-state index < -0.39 is 11.9 Å². The molecule has 12 nitrogen and oxygen atoms in total. The maximum Gasteiger partial charge on any atom is 0.263 e. The smallest absolute Gasteiger partial charge is 0.263 e. The Morgan fingerprint density at radius 2 is 1.11 bits per heavy atom. The number of pyridine rings is 2. The third-order valence-corrected chi connectivity index (χ3v) is 10.2. The van der Waals surface area contributed by atoms with Gasteiger partial charge in [-0.15, -0.1) is 0 Å². The molecule has 7 N–H and O–H groups in total. The van der Waals surface area contributed by atoms with E-state index in [0.29, 0.717) is 76.1 Å². The minimum atomic E-state index is -0.403. The summed E-state index contributed by atoms with van der Waals surface area (Å²) in [5, 5.41) is 6.26. The first-order valence-corrected chi connectivity index (χ1v) is 20.4. The maximum absolute atomic E-state index is 13.9. The van der Waals surface area contributed by atoms with Crippen molar-refractivity contribution in [2.45, 2.75) is 24.9 Å². The van der Waals surface area contributed by atoms with Gasteiger partial charge in [0.15, 0.2) is 0 Å². The van der Waals surface area contributed by atoms with Gasteiger partial charge < -0.3 is 22.1 Å². The molecule has 0 unspecified atom stereocenters. The van der Waals surface area contributed by atoms with Crippen LogP contribution >= 0.6 is 0 Å². The summed E-state index contributed by atoms with van der Waals surface area (Å²) in [5.74, 6) is -0.421. The molecule has 2 atom stereocenters. The fraction of sp³-hybridized carbons (Fsp3) is 0.143. The van der Waals surface area contributed by atoms with Gasteiger partial charge in [0, 0.05) is 68.1 Å². The van der Waals surface area contributed by atoms with Crippen LogP contribution in [0.3, 0.4) is 0 Å². The molecule has 0 fully saturated rings. The number of nitrogens with one attached hydrogen (secondary N) is 3. The zero-order valence-corrected chi connectivity index (χ0v) is 34.8. The fourth-order valence-electron chi connectivity index (χ4n) is 6.97. The summed E-state index contributed by atoms with van der Waals surface area (Å²) in [5.41, 5.74) is 17.7. The summed E-state index contributed by atoms with van der Waals surface area (Å²) in [6, 6.07) is 34.4. The largest absolute Gasteiger partial charge is 0.354 e. The van der Waals surface area contributed by atoms with Gasteiger partial charge in [-0.25, -0.2) is 23.1 Å². The second kappa shape index (κ2) is 20.9. The van der Waals surface area contributed by atoms with Crippen LogP contribution in [-0.2, 0) is 19.9 Å². The summed E-state index contributed by atoms with van der Waals surface area (Å²) in [7, 11) is 1.60. The minimum Gasteiger partial charge on any atom is -0.354 e. The number of H-pyrrole nitrogens is 1. The van der Waals surface area contributed by atoms with Crippen molar-refractivity contribution in [1.82, 2.24) is 29.5 Å². The van der Waals surface area contributed by atoms with Crippen LogP contribution in [-0.4, -0.2) is 54.7 Å². The molecule has 0 aliphatic heterocycles. The molecule has 0 aliphatic rings. The van der Waals surface area contributed by atoms with Crippen molar-refractivity contribution in [2.24, 2.45) is 18.5 Å². The topological polar surface area (TPSA) is 183 Å². The fourth-order valence-corrected chi connectivity index (χ4v) is 6.97. The van der Waals surface area contributed by atoms with E-state index in [9.17, 15) is 22.8 Å². The third kappa shape index (κ3) is 11.2. The van der Waals surface area contributed by atoms with Crippen LogP contribution in [0, 0.1) is 17.5 Å². The molecule has 0 saturated carbocycles. The number of hydrogen-bond acceptors (Lipinski definition) is 10. The van der Waals surface area contributed by atoms with Crippen molar-refractivity contribution < 1.29 is 13.2 Å². The molecule has 4 aromatic heterocycles. The van der Waals surface area contributed by atoms with Crippen LogP contribution in [0.4, 0.5) is 25.1 Å². The van der Waals surface area contributed by atoms with Crippen molar-refractivity contribution in [3.63, 3.8) is 0 Å². The molecular weight excluding hydrogens is 818 g/mol. The van der Waals surface area contributed by atoms with Crippen molar-refractivity contribution in [2.75, 3.05) is 23.7 Å². The zero-order valence-electron chi connectivity index (χ0n) is 34.8. The van der Waals surface area contributed by atoms with Gasteiger partial charge in [-0.1, -0.05) is 72.8 Å². The van der Waals surface area contributed by atoms with E-state index in [2.05, 4.69) is 30.6 Å². The van der Waals surface area contributed by atoms with Crippen molar-refractivity contribution in [1.29, 1.82) is 0 Å². The Balaban J connectivity index is 0.000000192. The highest BCUT2D eigenvalue weighted by Crippen LogP contribution is 2.30. The van der Waals surface area contributed by atoms with E-state index in [1.165, 1.54) is 34.9 Å². The van der Waals surface area contributed by atoms with Crippen molar-refractivity contribution >= 4 is 11.9 Å². The summed E-state index contributed by atoms with van der Waals surface area (Å²) >= 11 is 0. The molecule has 0 aliphatic carbocycles. The lowest BCUT2D eigenvalue weighted by Gasteiger charge is -2.18. The van der Waals surface area contributed by atoms with Gasteiger partial charge in [0.1, 0.15) is 17.5 Å². The molecule has 0 bridgehead atoms. The Morgan fingerprint density at radius 1 is 0.594 bits per heavy atom. The van der Waals surface area contributed by atoms with E-state index in [1.807, 2.05) is 30.3 Å². The summed E-state index contributed by atoms with van der Waals surface area (Å²) < 4.78 is 42.2. The normalized spacial score (nSPS) is 11.8. The molecule has 8 rings (SSSR count). The zero-order chi connectivity index (χ0) is 45.0. The van der Waals surface area contributed by atoms with Crippen LogP contribution in [0.15, 0.2) is 162 Å². The van der Waals surface area contributed by atoms with Gasteiger partial charge in [-0.05, 0) is 89.7 Å². The molecule has 0 amide bonds. The Morgan fingerprint density at radius 3 is 1.70 bits per heavy atom. The monoisotopic (exact) mass is 862 g/mol. The van der Waals surface area contributed by atoms with E-state index in [-0.39, 0.29) is 35.3 Å². The second-order valence-electron chi connectivity index (χ2n) is 14.9. The first-order valence-electron chi connectivity index (χ1n) is 20.4. The number of anilines is 2. The number of halogens is 3. The highest BCUT2D eigenvalue weighted by atomic mass is 19.1. The molecule has 4 aromatic carbocycles. The number of aromatic amines is 1. The van der Waals surface area contributed by atoms with Crippen LogP contribution in [0.25, 0.3) is 44.8 Å². The first-order chi connectivity index (χ1) is 31.0. The number of nitrogens with two attached hydrogens (primary N) is 2. The van der Waals surface area contributed by atoms with Gasteiger partial charge in [0.25, 0.3) is 11.1 Å². The molecule has 324 valence electrons. The SMILES string of the molecule is Cn1c(NC[C@@H](N)Cc2ccccc2F)nc(-c2ccncc2)c(-c2ccc(F)cc2)c1=O.N[C@H](CNc1nc(-c2ccncc2)c(-c2ccc(F)cc2)c(=O)[nH]1)Cc1ccccc1. The summed E-state index contributed by atoms with van der Waals surface area (Å²) in [4.78, 5) is 46.5. The van der Waals surface area contributed by atoms with Gasteiger partial charge in [0.05, 0.1) is 22.5 Å². The maximum atomic E-state index is 13.9. The highest BCUT2D eigenvalue weighted by Gasteiger charge is 2.20. The molecule has 15 heteroatoms. The number of rotatable bonds is 14. The molecule has 4 heterocycles. The highest BCUT2D eigenvalue weighted by molar-refractivity contribution is 5.81. The van der Waals surface area contributed by atoms with Gasteiger partial charge in [0.2, 0.25) is 11.9 Å². The molecule has 0 spiro atoms. The number of hydrogen-bond donors (Lipinski definition) is 5. The lowest BCUT2D eigenvalue weighted by Crippen LogP contribution is -2.34. The predicted octanol–water partition coefficient (Wildman–Crippen LogP) is 7.39. The lowest BCUT2D eigenvalue weighted by molar-refractivity contribution is 0.590. The second-order valence-corrected chi connectivity index (χ2v) is 14.9. The van der Waals surface area contributed by atoms with Gasteiger partial charge in [-0.2, -0.15) is 0 Å². The Kier molecular flexibility index (Phi) is 14.5. The Bertz CT molecular complexity index is 2900. The van der Waals surface area contributed by atoms with Crippen LogP contribution in [0.5, 0.6) is 0 Å². The van der Waals surface area contributed by atoms with Crippen LogP contribution < -0.4 is 33.2 Å². The number of benzene rings is 4. The van der Waals surface area contributed by atoms with Gasteiger partial charge in [-0.3, -0.25) is 29.1 Å². The Hall–Kier alpha value is -7.75. The standard InChI is InChI=1S/C25H23F2N5O.C24H22FN5O/c1-32-24(33)22(16-6-8-19(26)9-7-16)23(17-10-12-29-13-11-17)31-25(32)30-15-20(28)14-18-4-2-3-5-21(18)27;25-19-8-6-17(7-9-19)21-22(18-10-12-27-13-11-18)29-24(30-23(21)31)28-15-20(26)14-16-4-2-1-3-5-16/h2-13,20H,14-15,28H2,1H3,(H,30,31);1-13,20H,14-15,26H2,(H2,28,29,30,31)/t2*20-/m00/s1. The average molecular weight is 863 g/mol. The minimum absolute atomic E-state index is 0.158. The summed E-state index contributed by atoms with van der Waals surface area (Å²) in [6.45, 7) is 0.712. The van der Waals surface area contributed by atoms with Crippen molar-refractivity contribution in [3.8, 4) is 44.8 Å². The van der Waals surface area contributed by atoms with Gasteiger partial charge >= 0.3 is 0 Å².